The summed E-state index contributed by atoms with van der Waals surface area (Å²) >= 11 is 1.55. The zero-order valence-corrected chi connectivity index (χ0v) is 9.69. The molecule has 0 aliphatic heterocycles. The standard InChI is InChI=1S/C12H15NOS/c1-3-5-6-9-13-12(14)11-8-7-10(4-2)15-11/h1,7-8H,4-6,9H2,2H3,(H,13,14). The summed E-state index contributed by atoms with van der Waals surface area (Å²) in [5.74, 6) is 2.56. The Bertz CT molecular complexity index is 362. The first-order chi connectivity index (χ1) is 7.27. The highest BCUT2D eigenvalue weighted by Crippen LogP contribution is 2.16. The van der Waals surface area contributed by atoms with Gasteiger partial charge in [-0.05, 0) is 25.0 Å². The second-order valence-corrected chi connectivity index (χ2v) is 4.35. The van der Waals surface area contributed by atoms with Crippen molar-refractivity contribution in [2.24, 2.45) is 0 Å². The molecule has 1 amide bonds. The van der Waals surface area contributed by atoms with Gasteiger partial charge in [-0.25, -0.2) is 0 Å². The molecule has 0 aromatic carbocycles. The van der Waals surface area contributed by atoms with E-state index in [2.05, 4.69) is 18.2 Å². The molecule has 1 N–H and O–H groups in total. The molecule has 1 aromatic rings. The van der Waals surface area contributed by atoms with Crippen LogP contribution in [0, 0.1) is 12.3 Å². The highest BCUT2D eigenvalue weighted by atomic mass is 32.1. The fourth-order valence-corrected chi connectivity index (χ4v) is 2.03. The SMILES string of the molecule is C#CCCCNC(=O)c1ccc(CC)s1. The molecule has 2 nitrogen and oxygen atoms in total. The van der Waals surface area contributed by atoms with Crippen molar-refractivity contribution >= 4 is 17.2 Å². The first-order valence-electron chi connectivity index (χ1n) is 5.08. The van der Waals surface area contributed by atoms with Gasteiger partial charge in [-0.3, -0.25) is 4.79 Å². The van der Waals surface area contributed by atoms with Crippen molar-refractivity contribution in [3.05, 3.63) is 21.9 Å². The molecule has 3 heteroatoms. The number of aryl methyl sites for hydroxylation is 1. The molecule has 0 spiro atoms. The highest BCUT2D eigenvalue weighted by Gasteiger charge is 2.07. The number of rotatable bonds is 5. The second kappa shape index (κ2) is 6.26. The molecule has 0 atom stereocenters. The Morgan fingerprint density at radius 2 is 2.40 bits per heavy atom. The van der Waals surface area contributed by atoms with E-state index in [9.17, 15) is 4.79 Å². The van der Waals surface area contributed by atoms with Crippen LogP contribution in [0.2, 0.25) is 0 Å². The summed E-state index contributed by atoms with van der Waals surface area (Å²) in [5.41, 5.74) is 0. The van der Waals surface area contributed by atoms with E-state index < -0.39 is 0 Å². The Morgan fingerprint density at radius 3 is 3.00 bits per heavy atom. The number of thiophene rings is 1. The van der Waals surface area contributed by atoms with Crippen LogP contribution in [-0.4, -0.2) is 12.5 Å². The summed E-state index contributed by atoms with van der Waals surface area (Å²) < 4.78 is 0. The predicted molar refractivity (Wildman–Crippen MR) is 64.1 cm³/mol. The van der Waals surface area contributed by atoms with E-state index in [-0.39, 0.29) is 5.91 Å². The Hall–Kier alpha value is -1.27. The van der Waals surface area contributed by atoms with Crippen molar-refractivity contribution in [2.45, 2.75) is 26.2 Å². The Balaban J connectivity index is 2.37. The molecule has 1 heterocycles. The molecular weight excluding hydrogens is 206 g/mol. The van der Waals surface area contributed by atoms with E-state index in [4.69, 9.17) is 6.42 Å². The van der Waals surface area contributed by atoms with Gasteiger partial charge < -0.3 is 5.32 Å². The van der Waals surface area contributed by atoms with E-state index in [1.165, 1.54) is 4.88 Å². The molecule has 0 aliphatic rings. The number of carbonyl (C=O) groups is 1. The summed E-state index contributed by atoms with van der Waals surface area (Å²) in [7, 11) is 0. The molecule has 0 fully saturated rings. The van der Waals surface area contributed by atoms with E-state index in [0.717, 1.165) is 17.7 Å². The van der Waals surface area contributed by atoms with Crippen LogP contribution in [0.5, 0.6) is 0 Å². The zero-order valence-electron chi connectivity index (χ0n) is 8.88. The van der Waals surface area contributed by atoms with Crippen molar-refractivity contribution in [2.75, 3.05) is 6.54 Å². The van der Waals surface area contributed by atoms with Crippen LogP contribution in [0.15, 0.2) is 12.1 Å². The minimum atomic E-state index is 0.0109. The van der Waals surface area contributed by atoms with Crippen molar-refractivity contribution in [3.63, 3.8) is 0 Å². The molecule has 0 radical (unpaired) electrons. The predicted octanol–water partition coefficient (Wildman–Crippen LogP) is 2.45. The lowest BCUT2D eigenvalue weighted by Gasteiger charge is -2.00. The summed E-state index contributed by atoms with van der Waals surface area (Å²) in [6, 6.07) is 3.88. The van der Waals surface area contributed by atoms with Gasteiger partial charge in [-0.2, -0.15) is 0 Å². The van der Waals surface area contributed by atoms with Crippen molar-refractivity contribution in [3.8, 4) is 12.3 Å². The number of carbonyl (C=O) groups excluding carboxylic acids is 1. The molecule has 15 heavy (non-hydrogen) atoms. The lowest BCUT2D eigenvalue weighted by Crippen LogP contribution is -2.23. The van der Waals surface area contributed by atoms with Crippen LogP contribution in [0.3, 0.4) is 0 Å². The van der Waals surface area contributed by atoms with Gasteiger partial charge >= 0.3 is 0 Å². The van der Waals surface area contributed by atoms with Crippen molar-refractivity contribution in [1.29, 1.82) is 0 Å². The van der Waals surface area contributed by atoms with Gasteiger partial charge in [0.2, 0.25) is 0 Å². The van der Waals surface area contributed by atoms with Gasteiger partial charge in [0.05, 0.1) is 4.88 Å². The number of unbranched alkanes of at least 4 members (excludes halogenated alkanes) is 1. The average Bonchev–Trinajstić information content (AvgIpc) is 2.72. The quantitative estimate of drug-likeness (QED) is 0.600. The lowest BCUT2D eigenvalue weighted by molar-refractivity contribution is 0.0957. The molecule has 0 saturated heterocycles. The molecular formula is C12H15NOS. The minimum Gasteiger partial charge on any atom is -0.351 e. The minimum absolute atomic E-state index is 0.0109. The largest absolute Gasteiger partial charge is 0.351 e. The van der Waals surface area contributed by atoms with Gasteiger partial charge in [-0.15, -0.1) is 23.7 Å². The number of terminal acetylenes is 1. The van der Waals surface area contributed by atoms with E-state index >= 15 is 0 Å². The Morgan fingerprint density at radius 1 is 1.60 bits per heavy atom. The van der Waals surface area contributed by atoms with Crippen LogP contribution < -0.4 is 5.32 Å². The highest BCUT2D eigenvalue weighted by molar-refractivity contribution is 7.14. The molecule has 0 unspecified atom stereocenters. The Labute approximate surface area is 94.7 Å². The van der Waals surface area contributed by atoms with Crippen LogP contribution in [-0.2, 0) is 6.42 Å². The van der Waals surface area contributed by atoms with Crippen molar-refractivity contribution in [1.82, 2.24) is 5.32 Å². The topological polar surface area (TPSA) is 29.1 Å². The first-order valence-corrected chi connectivity index (χ1v) is 5.90. The third kappa shape index (κ3) is 3.77. The summed E-state index contributed by atoms with van der Waals surface area (Å²) in [6.07, 6.45) is 7.65. The van der Waals surface area contributed by atoms with E-state index in [1.54, 1.807) is 11.3 Å². The fourth-order valence-electron chi connectivity index (χ4n) is 1.17. The van der Waals surface area contributed by atoms with E-state index in [0.29, 0.717) is 13.0 Å². The van der Waals surface area contributed by atoms with Gasteiger partial charge in [0, 0.05) is 17.8 Å². The number of hydrogen-bond acceptors (Lipinski definition) is 2. The smallest absolute Gasteiger partial charge is 0.261 e. The third-order valence-electron chi connectivity index (χ3n) is 2.02. The van der Waals surface area contributed by atoms with Gasteiger partial charge in [0.15, 0.2) is 0 Å². The summed E-state index contributed by atoms with van der Waals surface area (Å²) in [4.78, 5) is 13.6. The molecule has 1 rings (SSSR count). The maximum absolute atomic E-state index is 11.6. The molecule has 0 saturated carbocycles. The summed E-state index contributed by atoms with van der Waals surface area (Å²) in [6.45, 7) is 2.74. The zero-order chi connectivity index (χ0) is 11.1. The van der Waals surface area contributed by atoms with Gasteiger partial charge in [0.25, 0.3) is 5.91 Å². The van der Waals surface area contributed by atoms with Crippen LogP contribution in [0.25, 0.3) is 0 Å². The van der Waals surface area contributed by atoms with Crippen LogP contribution in [0.4, 0.5) is 0 Å². The van der Waals surface area contributed by atoms with Crippen LogP contribution >= 0.6 is 11.3 Å². The molecule has 1 aromatic heterocycles. The van der Waals surface area contributed by atoms with Crippen LogP contribution in [0.1, 0.15) is 34.3 Å². The molecule has 0 aliphatic carbocycles. The Kier molecular flexibility index (Phi) is 4.92. The van der Waals surface area contributed by atoms with E-state index in [1.807, 2.05) is 12.1 Å². The summed E-state index contributed by atoms with van der Waals surface area (Å²) in [5, 5.41) is 2.85. The number of hydrogen-bond donors (Lipinski definition) is 1. The maximum Gasteiger partial charge on any atom is 0.261 e. The number of amides is 1. The lowest BCUT2D eigenvalue weighted by atomic mass is 10.3. The normalized spacial score (nSPS) is 9.60. The fraction of sp³-hybridized carbons (Fsp3) is 0.417. The monoisotopic (exact) mass is 221 g/mol. The first kappa shape index (κ1) is 11.8. The molecule has 0 bridgehead atoms. The average molecular weight is 221 g/mol. The van der Waals surface area contributed by atoms with Gasteiger partial charge in [-0.1, -0.05) is 6.92 Å². The maximum atomic E-state index is 11.6. The van der Waals surface area contributed by atoms with Gasteiger partial charge in [0.1, 0.15) is 0 Å². The number of nitrogens with one attached hydrogen (secondary N) is 1. The second-order valence-electron chi connectivity index (χ2n) is 3.18. The third-order valence-corrected chi connectivity index (χ3v) is 3.25. The molecule has 80 valence electrons. The van der Waals surface area contributed by atoms with Crippen molar-refractivity contribution < 1.29 is 4.79 Å².